The smallest absolute Gasteiger partial charge is 0.290 e. The Kier molecular flexibility index (Phi) is 4.96. The molecular weight excluding hydrogens is 433 g/mol. The van der Waals surface area contributed by atoms with Crippen LogP contribution in [0.2, 0.25) is 0 Å². The highest BCUT2D eigenvalue weighted by Crippen LogP contribution is 2.34. The fraction of sp³-hybridized carbons (Fsp3) is 0.105. The van der Waals surface area contributed by atoms with Gasteiger partial charge in [-0.25, -0.2) is 17.1 Å². The zero-order valence-electron chi connectivity index (χ0n) is 15.7. The Labute approximate surface area is 174 Å². The highest BCUT2D eigenvalue weighted by Gasteiger charge is 2.26. The minimum absolute atomic E-state index is 0.113. The number of furan rings is 1. The number of sulfonamides is 1. The second kappa shape index (κ2) is 7.35. The van der Waals surface area contributed by atoms with Crippen LogP contribution < -0.4 is 5.32 Å². The summed E-state index contributed by atoms with van der Waals surface area (Å²) in [4.78, 5) is 27.1. The minimum Gasteiger partial charge on any atom is -0.456 e. The van der Waals surface area contributed by atoms with Crippen LogP contribution in [0.1, 0.15) is 5.76 Å². The van der Waals surface area contributed by atoms with E-state index in [0.717, 1.165) is 22.1 Å². The van der Waals surface area contributed by atoms with Crippen molar-refractivity contribution in [3.05, 3.63) is 53.1 Å². The molecule has 0 atom stereocenters. The number of pyridine rings is 1. The van der Waals surface area contributed by atoms with Gasteiger partial charge in [-0.1, -0.05) is 0 Å². The lowest BCUT2D eigenvalue weighted by Gasteiger charge is -2.12. The summed E-state index contributed by atoms with van der Waals surface area (Å²) in [5.41, 5.74) is 0.749. The number of carbonyl (C=O) groups is 2. The van der Waals surface area contributed by atoms with Gasteiger partial charge in [0.05, 0.1) is 9.80 Å². The third kappa shape index (κ3) is 3.51. The summed E-state index contributed by atoms with van der Waals surface area (Å²) in [6.45, 7) is 0. The third-order valence-electron chi connectivity index (χ3n) is 4.37. The van der Waals surface area contributed by atoms with Gasteiger partial charge in [0.25, 0.3) is 11.1 Å². The molecule has 0 saturated carbocycles. The number of amides is 2. The van der Waals surface area contributed by atoms with Crippen LogP contribution in [0.25, 0.3) is 28.2 Å². The lowest BCUT2D eigenvalue weighted by Crippen LogP contribution is -2.22. The number of aromatic nitrogens is 1. The summed E-state index contributed by atoms with van der Waals surface area (Å²) in [6, 6.07) is 5.21. The highest BCUT2D eigenvalue weighted by atomic mass is 32.2. The SMILES string of the molecule is CN(C)S(=O)(=O)c1ccc(-c2cncc3cc(/C=C4\SC(=O)NC4=O)oc23)c(F)c1. The lowest BCUT2D eigenvalue weighted by molar-refractivity contribution is -0.115. The van der Waals surface area contributed by atoms with Crippen LogP contribution in [0.4, 0.5) is 9.18 Å². The Balaban J connectivity index is 1.79. The molecule has 154 valence electrons. The van der Waals surface area contributed by atoms with Gasteiger partial charge in [0.1, 0.15) is 17.2 Å². The number of imide groups is 1. The first-order valence-corrected chi connectivity index (χ1v) is 10.8. The Morgan fingerprint density at radius 1 is 1.17 bits per heavy atom. The Hall–Kier alpha value is -3.02. The predicted molar refractivity (Wildman–Crippen MR) is 109 cm³/mol. The summed E-state index contributed by atoms with van der Waals surface area (Å²) in [6.07, 6.45) is 4.33. The van der Waals surface area contributed by atoms with Crippen LogP contribution in [-0.2, 0) is 14.8 Å². The van der Waals surface area contributed by atoms with Crippen molar-refractivity contribution in [2.24, 2.45) is 0 Å². The van der Waals surface area contributed by atoms with Crippen LogP contribution in [0.5, 0.6) is 0 Å². The molecule has 1 aliphatic heterocycles. The van der Waals surface area contributed by atoms with Gasteiger partial charge in [0.2, 0.25) is 10.0 Å². The number of nitrogens with zero attached hydrogens (tertiary/aromatic N) is 2. The molecule has 0 spiro atoms. The van der Waals surface area contributed by atoms with E-state index in [1.807, 2.05) is 0 Å². The summed E-state index contributed by atoms with van der Waals surface area (Å²) in [7, 11) is -1.06. The van der Waals surface area contributed by atoms with Gasteiger partial charge in [0.15, 0.2) is 0 Å². The van der Waals surface area contributed by atoms with Crippen LogP contribution in [-0.4, -0.2) is 42.9 Å². The van der Waals surface area contributed by atoms with Crippen molar-refractivity contribution in [3.8, 4) is 11.1 Å². The summed E-state index contributed by atoms with van der Waals surface area (Å²) < 4.78 is 46.1. The predicted octanol–water partition coefficient (Wildman–Crippen LogP) is 3.21. The van der Waals surface area contributed by atoms with Gasteiger partial charge in [-0.2, -0.15) is 0 Å². The Morgan fingerprint density at radius 3 is 2.57 bits per heavy atom. The van der Waals surface area contributed by atoms with E-state index in [9.17, 15) is 22.4 Å². The van der Waals surface area contributed by atoms with Gasteiger partial charge in [-0.15, -0.1) is 0 Å². The lowest BCUT2D eigenvalue weighted by atomic mass is 10.1. The first-order chi connectivity index (χ1) is 14.2. The number of hydrogen-bond donors (Lipinski definition) is 1. The Bertz CT molecular complexity index is 1350. The van der Waals surface area contributed by atoms with E-state index in [0.29, 0.717) is 22.3 Å². The maximum atomic E-state index is 14.8. The molecule has 30 heavy (non-hydrogen) atoms. The van der Waals surface area contributed by atoms with Crippen molar-refractivity contribution in [2.75, 3.05) is 14.1 Å². The van der Waals surface area contributed by atoms with Gasteiger partial charge < -0.3 is 4.42 Å². The van der Waals surface area contributed by atoms with E-state index in [4.69, 9.17) is 4.42 Å². The summed E-state index contributed by atoms with van der Waals surface area (Å²) in [5, 5.41) is 2.23. The second-order valence-electron chi connectivity index (χ2n) is 6.54. The molecule has 8 nitrogen and oxygen atoms in total. The standard InChI is InChI=1S/C19H14FN3O5S2/c1-23(2)30(26,27)12-3-4-13(15(20)7-12)14-9-21-8-10-5-11(28-17(10)14)6-16-18(24)22-19(25)29-16/h3-9H,1-2H3,(H,22,24,25)/b16-6-. The summed E-state index contributed by atoms with van der Waals surface area (Å²) in [5.74, 6) is -0.980. The topological polar surface area (TPSA) is 110 Å². The number of carbonyl (C=O) groups excluding carboxylic acids is 2. The quantitative estimate of drug-likeness (QED) is 0.612. The number of halogens is 1. The first-order valence-electron chi connectivity index (χ1n) is 8.51. The van der Waals surface area contributed by atoms with Crippen molar-refractivity contribution in [3.63, 3.8) is 0 Å². The molecule has 11 heteroatoms. The molecule has 4 rings (SSSR count). The number of thioether (sulfide) groups is 1. The minimum atomic E-state index is -3.78. The van der Waals surface area contributed by atoms with E-state index in [-0.39, 0.29) is 15.4 Å². The molecule has 3 heterocycles. The van der Waals surface area contributed by atoms with E-state index >= 15 is 0 Å². The monoisotopic (exact) mass is 447 g/mol. The van der Waals surface area contributed by atoms with E-state index < -0.39 is 27.0 Å². The second-order valence-corrected chi connectivity index (χ2v) is 9.70. The largest absolute Gasteiger partial charge is 0.456 e. The average Bonchev–Trinajstić information content (AvgIpc) is 3.23. The number of fused-ring (bicyclic) bond motifs is 1. The molecular formula is C19H14FN3O5S2. The molecule has 1 aromatic carbocycles. The number of hydrogen-bond acceptors (Lipinski definition) is 7. The number of nitrogens with one attached hydrogen (secondary N) is 1. The van der Waals surface area contributed by atoms with Crippen LogP contribution >= 0.6 is 11.8 Å². The molecule has 0 radical (unpaired) electrons. The molecule has 3 aromatic rings. The molecule has 0 unspecified atom stereocenters. The molecule has 2 aromatic heterocycles. The number of benzene rings is 1. The zero-order valence-corrected chi connectivity index (χ0v) is 17.3. The van der Waals surface area contributed by atoms with Crippen molar-refractivity contribution < 1.29 is 26.8 Å². The molecule has 1 aliphatic rings. The third-order valence-corrected chi connectivity index (χ3v) is 6.99. The van der Waals surface area contributed by atoms with E-state index in [1.54, 1.807) is 6.07 Å². The van der Waals surface area contributed by atoms with Gasteiger partial charge >= 0.3 is 0 Å². The van der Waals surface area contributed by atoms with E-state index in [2.05, 4.69) is 10.3 Å². The zero-order chi connectivity index (χ0) is 21.6. The average molecular weight is 447 g/mol. The molecule has 2 amide bonds. The molecule has 0 aliphatic carbocycles. The van der Waals surface area contributed by atoms with Crippen molar-refractivity contribution >= 4 is 50.0 Å². The molecule has 1 fully saturated rings. The van der Waals surface area contributed by atoms with E-state index in [1.165, 1.54) is 44.7 Å². The fourth-order valence-electron chi connectivity index (χ4n) is 2.88. The fourth-order valence-corrected chi connectivity index (χ4v) is 4.46. The van der Waals surface area contributed by atoms with Crippen LogP contribution in [0.3, 0.4) is 0 Å². The normalized spacial score (nSPS) is 16.1. The number of rotatable bonds is 4. The summed E-state index contributed by atoms with van der Waals surface area (Å²) >= 11 is 0.753. The van der Waals surface area contributed by atoms with Gasteiger partial charge in [0, 0.05) is 49.1 Å². The van der Waals surface area contributed by atoms with Gasteiger partial charge in [-0.3, -0.25) is 19.9 Å². The first kappa shape index (κ1) is 20.3. The van der Waals surface area contributed by atoms with Crippen molar-refractivity contribution in [2.45, 2.75) is 4.90 Å². The molecule has 0 bridgehead atoms. The van der Waals surface area contributed by atoms with Crippen molar-refractivity contribution in [1.82, 2.24) is 14.6 Å². The van der Waals surface area contributed by atoms with Crippen LogP contribution in [0, 0.1) is 5.82 Å². The van der Waals surface area contributed by atoms with Crippen LogP contribution in [0.15, 0.2) is 50.9 Å². The Morgan fingerprint density at radius 2 is 1.93 bits per heavy atom. The maximum Gasteiger partial charge on any atom is 0.290 e. The highest BCUT2D eigenvalue weighted by molar-refractivity contribution is 8.18. The maximum absolute atomic E-state index is 14.8. The van der Waals surface area contributed by atoms with Gasteiger partial charge in [-0.05, 0) is 36.0 Å². The van der Waals surface area contributed by atoms with Crippen molar-refractivity contribution in [1.29, 1.82) is 0 Å². The molecule has 1 saturated heterocycles. The molecule has 1 N–H and O–H groups in total.